The van der Waals surface area contributed by atoms with Crippen LogP contribution in [0.5, 0.6) is 5.75 Å². The maximum absolute atomic E-state index is 13.4. The van der Waals surface area contributed by atoms with Crippen molar-refractivity contribution in [2.24, 2.45) is 0 Å². The van der Waals surface area contributed by atoms with Gasteiger partial charge in [0.05, 0.1) is 13.7 Å². The van der Waals surface area contributed by atoms with E-state index in [0.717, 1.165) is 6.07 Å². The fourth-order valence-electron chi connectivity index (χ4n) is 1.31. The first-order chi connectivity index (χ1) is 7.10. The molecular weight excluding hydrogens is 202 g/mol. The van der Waals surface area contributed by atoms with Gasteiger partial charge >= 0.3 is 7.12 Å². The molecule has 0 saturated heterocycles. The van der Waals surface area contributed by atoms with Crippen molar-refractivity contribution in [2.45, 2.75) is 6.61 Å². The summed E-state index contributed by atoms with van der Waals surface area (Å²) in [4.78, 5) is 0. The highest BCUT2D eigenvalue weighted by Crippen LogP contribution is 2.21. The summed E-state index contributed by atoms with van der Waals surface area (Å²) in [6.07, 6.45) is 0. The zero-order valence-corrected chi connectivity index (χ0v) is 8.53. The molecule has 1 aromatic carbocycles. The largest absolute Gasteiger partial charge is 0.493 e. The summed E-state index contributed by atoms with van der Waals surface area (Å²) >= 11 is 0. The highest BCUT2D eigenvalue weighted by atomic mass is 19.1. The van der Waals surface area contributed by atoms with Gasteiger partial charge in [0.25, 0.3) is 0 Å². The smallest absolute Gasteiger partial charge is 0.488 e. The molecule has 0 saturated carbocycles. The fraction of sp³-hybridized carbons (Fsp3) is 0.333. The summed E-state index contributed by atoms with van der Waals surface area (Å²) in [5, 5.41) is 17.8. The van der Waals surface area contributed by atoms with Crippen LogP contribution < -0.4 is 10.2 Å². The average molecular weight is 214 g/mol. The van der Waals surface area contributed by atoms with E-state index in [1.165, 1.54) is 20.3 Å². The van der Waals surface area contributed by atoms with E-state index in [9.17, 15) is 4.39 Å². The average Bonchev–Trinajstić information content (AvgIpc) is 2.17. The summed E-state index contributed by atoms with van der Waals surface area (Å²) < 4.78 is 23.1. The lowest BCUT2D eigenvalue weighted by Gasteiger charge is -2.11. The monoisotopic (exact) mass is 214 g/mol. The van der Waals surface area contributed by atoms with Crippen LogP contribution in [0.1, 0.15) is 5.56 Å². The Morgan fingerprint density at radius 1 is 1.33 bits per heavy atom. The third-order valence-corrected chi connectivity index (χ3v) is 1.94. The van der Waals surface area contributed by atoms with Gasteiger partial charge in [-0.2, -0.15) is 0 Å². The zero-order chi connectivity index (χ0) is 11.4. The van der Waals surface area contributed by atoms with Crippen LogP contribution in [0.25, 0.3) is 0 Å². The maximum Gasteiger partial charge on any atom is 0.488 e. The molecule has 0 aliphatic rings. The van der Waals surface area contributed by atoms with E-state index in [0.29, 0.717) is 5.56 Å². The highest BCUT2D eigenvalue weighted by Gasteiger charge is 2.18. The number of rotatable bonds is 4. The second-order valence-corrected chi connectivity index (χ2v) is 3.00. The van der Waals surface area contributed by atoms with Crippen molar-refractivity contribution in [3.8, 4) is 5.75 Å². The molecule has 15 heavy (non-hydrogen) atoms. The Kier molecular flexibility index (Phi) is 4.08. The molecule has 0 radical (unpaired) electrons. The molecule has 1 aromatic rings. The lowest BCUT2D eigenvalue weighted by molar-refractivity contribution is 0.181. The summed E-state index contributed by atoms with van der Waals surface area (Å²) in [7, 11) is 1.09. The first-order valence-electron chi connectivity index (χ1n) is 4.31. The van der Waals surface area contributed by atoms with Gasteiger partial charge in [-0.05, 0) is 11.5 Å². The molecular formula is C9H12BFO4. The Morgan fingerprint density at radius 3 is 2.47 bits per heavy atom. The van der Waals surface area contributed by atoms with E-state index >= 15 is 0 Å². The molecule has 0 atom stereocenters. The minimum absolute atomic E-state index is 0.0567. The third kappa shape index (κ3) is 2.68. The highest BCUT2D eigenvalue weighted by molar-refractivity contribution is 6.58. The second-order valence-electron chi connectivity index (χ2n) is 3.00. The van der Waals surface area contributed by atoms with Crippen LogP contribution >= 0.6 is 0 Å². The van der Waals surface area contributed by atoms with Crippen LogP contribution in [-0.4, -0.2) is 31.4 Å². The number of methoxy groups -OCH3 is 2. The molecule has 0 heterocycles. The standard InChI is InChI=1S/C9H12BFO4/c1-14-5-6-3-7(10(12)13)4-8(11)9(6)15-2/h3-4,12-13H,5H2,1-2H3. The summed E-state index contributed by atoms with van der Waals surface area (Å²) in [5.74, 6) is -0.587. The molecule has 0 amide bonds. The Hall–Kier alpha value is -1.11. The molecule has 0 aliphatic carbocycles. The predicted octanol–water partition coefficient (Wildman–Crippen LogP) is -0.340. The molecule has 2 N–H and O–H groups in total. The Labute approximate surface area is 87.4 Å². The normalized spacial score (nSPS) is 10.2. The molecule has 0 fully saturated rings. The maximum atomic E-state index is 13.4. The van der Waals surface area contributed by atoms with Gasteiger partial charge in [-0.1, -0.05) is 6.07 Å². The fourth-order valence-corrected chi connectivity index (χ4v) is 1.31. The zero-order valence-electron chi connectivity index (χ0n) is 8.53. The minimum Gasteiger partial charge on any atom is -0.493 e. The Bertz CT molecular complexity index is 343. The first-order valence-corrected chi connectivity index (χ1v) is 4.31. The van der Waals surface area contributed by atoms with Gasteiger partial charge in [0.15, 0.2) is 11.6 Å². The van der Waals surface area contributed by atoms with Gasteiger partial charge in [0.2, 0.25) is 0 Å². The first kappa shape index (κ1) is 12.0. The molecule has 0 aliphatic heterocycles. The van der Waals surface area contributed by atoms with Gasteiger partial charge < -0.3 is 19.5 Å². The van der Waals surface area contributed by atoms with Gasteiger partial charge in [-0.25, -0.2) is 4.39 Å². The predicted molar refractivity (Wildman–Crippen MR) is 53.5 cm³/mol. The van der Waals surface area contributed by atoms with E-state index in [2.05, 4.69) is 0 Å². The van der Waals surface area contributed by atoms with Crippen molar-refractivity contribution in [1.29, 1.82) is 0 Å². The van der Waals surface area contributed by atoms with Crippen LogP contribution in [0, 0.1) is 5.82 Å². The number of benzene rings is 1. The molecule has 4 nitrogen and oxygen atoms in total. The van der Waals surface area contributed by atoms with E-state index in [1.54, 1.807) is 0 Å². The van der Waals surface area contributed by atoms with E-state index in [4.69, 9.17) is 19.5 Å². The summed E-state index contributed by atoms with van der Waals surface area (Å²) in [5.41, 5.74) is 0.503. The van der Waals surface area contributed by atoms with Crippen LogP contribution in [0.3, 0.4) is 0 Å². The minimum atomic E-state index is -1.71. The SMILES string of the molecule is COCc1cc(B(O)O)cc(F)c1OC. The Balaban J connectivity index is 3.19. The van der Waals surface area contributed by atoms with Crippen molar-refractivity contribution in [2.75, 3.05) is 14.2 Å². The van der Waals surface area contributed by atoms with E-state index < -0.39 is 12.9 Å². The third-order valence-electron chi connectivity index (χ3n) is 1.94. The summed E-state index contributed by atoms with van der Waals surface area (Å²) in [6.45, 7) is 0.140. The lowest BCUT2D eigenvalue weighted by atomic mass is 9.79. The van der Waals surface area contributed by atoms with Crippen LogP contribution in [0.4, 0.5) is 4.39 Å². The summed E-state index contributed by atoms with van der Waals surface area (Å²) in [6, 6.07) is 2.44. The van der Waals surface area contributed by atoms with Crippen molar-refractivity contribution in [1.82, 2.24) is 0 Å². The van der Waals surface area contributed by atoms with E-state index in [-0.39, 0.29) is 17.8 Å². The van der Waals surface area contributed by atoms with Crippen molar-refractivity contribution in [3.63, 3.8) is 0 Å². The van der Waals surface area contributed by atoms with Gasteiger partial charge in [0, 0.05) is 12.7 Å². The second kappa shape index (κ2) is 5.11. The number of hydrogen-bond acceptors (Lipinski definition) is 4. The quantitative estimate of drug-likeness (QED) is 0.673. The number of halogens is 1. The lowest BCUT2D eigenvalue weighted by Crippen LogP contribution is -2.30. The Morgan fingerprint density at radius 2 is 2.00 bits per heavy atom. The molecule has 1 rings (SSSR count). The molecule has 0 bridgehead atoms. The van der Waals surface area contributed by atoms with Crippen molar-refractivity contribution in [3.05, 3.63) is 23.5 Å². The molecule has 82 valence electrons. The molecule has 0 unspecified atom stereocenters. The van der Waals surface area contributed by atoms with Crippen LogP contribution in [-0.2, 0) is 11.3 Å². The van der Waals surface area contributed by atoms with Crippen LogP contribution in [0.2, 0.25) is 0 Å². The molecule has 0 aromatic heterocycles. The molecule has 6 heteroatoms. The van der Waals surface area contributed by atoms with Crippen molar-refractivity contribution < 1.29 is 23.9 Å². The van der Waals surface area contributed by atoms with Crippen LogP contribution in [0.15, 0.2) is 12.1 Å². The van der Waals surface area contributed by atoms with Gasteiger partial charge in [-0.15, -0.1) is 0 Å². The number of ether oxygens (including phenoxy) is 2. The molecule has 0 spiro atoms. The number of hydrogen-bond donors (Lipinski definition) is 2. The van der Waals surface area contributed by atoms with Gasteiger partial charge in [-0.3, -0.25) is 0 Å². The van der Waals surface area contributed by atoms with Gasteiger partial charge in [0.1, 0.15) is 0 Å². The van der Waals surface area contributed by atoms with Crippen molar-refractivity contribution >= 4 is 12.6 Å². The van der Waals surface area contributed by atoms with E-state index in [1.807, 2.05) is 0 Å². The topological polar surface area (TPSA) is 58.9 Å².